The van der Waals surface area contributed by atoms with Gasteiger partial charge < -0.3 is 10.2 Å². The van der Waals surface area contributed by atoms with Gasteiger partial charge in [-0.1, -0.05) is 29.0 Å². The number of nitrogens with zero attached hydrogens (tertiary/aromatic N) is 2. The van der Waals surface area contributed by atoms with Crippen LogP contribution in [0.25, 0.3) is 10.2 Å². The molecular formula is C13H16ClN3S. The molecule has 3 rings (SSSR count). The monoisotopic (exact) mass is 281 g/mol. The van der Waals surface area contributed by atoms with Gasteiger partial charge in [0.05, 0.1) is 15.2 Å². The van der Waals surface area contributed by atoms with Crippen molar-refractivity contribution in [3.05, 3.63) is 23.2 Å². The molecule has 1 aromatic carbocycles. The van der Waals surface area contributed by atoms with Gasteiger partial charge in [-0.15, -0.1) is 0 Å². The zero-order valence-corrected chi connectivity index (χ0v) is 11.9. The molecule has 5 heteroatoms. The lowest BCUT2D eigenvalue weighted by Crippen LogP contribution is -2.26. The molecule has 0 saturated heterocycles. The fraction of sp³-hybridized carbons (Fsp3) is 0.462. The molecule has 0 radical (unpaired) electrons. The molecular weight excluding hydrogens is 266 g/mol. The average Bonchev–Trinajstić information content (AvgIpc) is 3.11. The van der Waals surface area contributed by atoms with Crippen LogP contribution in [0.15, 0.2) is 18.2 Å². The van der Waals surface area contributed by atoms with Crippen LogP contribution in [-0.4, -0.2) is 36.1 Å². The van der Waals surface area contributed by atoms with Crippen LogP contribution in [0.5, 0.6) is 0 Å². The molecule has 1 aliphatic rings. The topological polar surface area (TPSA) is 28.2 Å². The Morgan fingerprint density at radius 3 is 3.06 bits per heavy atom. The number of nitrogens with one attached hydrogen (secondary N) is 1. The fourth-order valence-electron chi connectivity index (χ4n) is 2.03. The van der Waals surface area contributed by atoms with Crippen LogP contribution >= 0.6 is 22.9 Å². The van der Waals surface area contributed by atoms with E-state index in [1.54, 1.807) is 11.3 Å². The predicted octanol–water partition coefficient (Wildman–Crippen LogP) is 3.46. The Morgan fingerprint density at radius 2 is 2.33 bits per heavy atom. The van der Waals surface area contributed by atoms with Gasteiger partial charge in [-0.05, 0) is 32.0 Å². The number of aromatic nitrogens is 1. The van der Waals surface area contributed by atoms with Crippen molar-refractivity contribution in [2.24, 2.45) is 0 Å². The Hall–Kier alpha value is -0.840. The van der Waals surface area contributed by atoms with Crippen LogP contribution in [0.3, 0.4) is 0 Å². The second-order valence-corrected chi connectivity index (χ2v) is 6.15. The Bertz CT molecular complexity index is 550. The second kappa shape index (κ2) is 5.03. The van der Waals surface area contributed by atoms with Gasteiger partial charge in [-0.3, -0.25) is 0 Å². The first-order valence-corrected chi connectivity index (χ1v) is 7.42. The maximum Gasteiger partial charge on any atom is 0.183 e. The predicted molar refractivity (Wildman–Crippen MR) is 78.8 cm³/mol. The first kappa shape index (κ1) is 12.2. The second-order valence-electron chi connectivity index (χ2n) is 4.75. The summed E-state index contributed by atoms with van der Waals surface area (Å²) in [6, 6.07) is 6.66. The lowest BCUT2D eigenvalue weighted by atomic mass is 10.3. The quantitative estimate of drug-likeness (QED) is 0.910. The number of fused-ring (bicyclic) bond motifs is 1. The van der Waals surface area contributed by atoms with Gasteiger partial charge in [0.15, 0.2) is 5.13 Å². The average molecular weight is 282 g/mol. The molecule has 0 spiro atoms. The lowest BCUT2D eigenvalue weighted by Gasteiger charge is -2.15. The van der Waals surface area contributed by atoms with E-state index in [1.165, 1.54) is 12.8 Å². The van der Waals surface area contributed by atoms with Crippen molar-refractivity contribution >= 4 is 38.3 Å². The number of rotatable bonds is 5. The summed E-state index contributed by atoms with van der Waals surface area (Å²) in [7, 11) is 2.19. The number of hydrogen-bond acceptors (Lipinski definition) is 4. The standard InChI is InChI=1S/C13H16ClN3S/c1-17(9-5-6-9)8-7-15-13-16-11-4-2-3-10(14)12(11)18-13/h2-4,9H,5-8H2,1H3,(H,15,16). The van der Waals surface area contributed by atoms with Crippen LogP contribution in [0.1, 0.15) is 12.8 Å². The van der Waals surface area contributed by atoms with Crippen molar-refractivity contribution in [1.29, 1.82) is 0 Å². The zero-order chi connectivity index (χ0) is 12.5. The molecule has 1 saturated carbocycles. The number of likely N-dealkylation sites (N-methyl/N-ethyl adjacent to an activating group) is 1. The number of hydrogen-bond donors (Lipinski definition) is 1. The van der Waals surface area contributed by atoms with Gasteiger partial charge in [0.25, 0.3) is 0 Å². The van der Waals surface area contributed by atoms with E-state index in [-0.39, 0.29) is 0 Å². The highest BCUT2D eigenvalue weighted by Crippen LogP contribution is 2.31. The van der Waals surface area contributed by atoms with Crippen LogP contribution in [0.2, 0.25) is 5.02 Å². The molecule has 3 nitrogen and oxygen atoms in total. The summed E-state index contributed by atoms with van der Waals surface area (Å²) >= 11 is 7.77. The summed E-state index contributed by atoms with van der Waals surface area (Å²) in [6.07, 6.45) is 2.71. The summed E-state index contributed by atoms with van der Waals surface area (Å²) in [5.41, 5.74) is 0.977. The molecule has 1 aliphatic carbocycles. The Morgan fingerprint density at radius 1 is 1.50 bits per heavy atom. The summed E-state index contributed by atoms with van der Waals surface area (Å²) in [5.74, 6) is 0. The number of halogens is 1. The molecule has 1 fully saturated rings. The molecule has 0 unspecified atom stereocenters. The highest BCUT2D eigenvalue weighted by Gasteiger charge is 2.25. The van der Waals surface area contributed by atoms with Crippen molar-refractivity contribution in [3.8, 4) is 0 Å². The van der Waals surface area contributed by atoms with E-state index in [9.17, 15) is 0 Å². The minimum atomic E-state index is 0.785. The first-order valence-electron chi connectivity index (χ1n) is 6.23. The minimum absolute atomic E-state index is 0.785. The SMILES string of the molecule is CN(CCNc1nc2cccc(Cl)c2s1)C1CC1. The number of thiazole rings is 1. The molecule has 1 aromatic heterocycles. The highest BCUT2D eigenvalue weighted by atomic mass is 35.5. The Labute approximate surface area is 116 Å². The van der Waals surface area contributed by atoms with Gasteiger partial charge in [-0.25, -0.2) is 4.98 Å². The molecule has 18 heavy (non-hydrogen) atoms. The van der Waals surface area contributed by atoms with Gasteiger partial charge in [-0.2, -0.15) is 0 Å². The molecule has 0 bridgehead atoms. The van der Waals surface area contributed by atoms with Crippen molar-refractivity contribution in [3.63, 3.8) is 0 Å². The number of benzene rings is 1. The maximum absolute atomic E-state index is 6.14. The van der Waals surface area contributed by atoms with Crippen molar-refractivity contribution in [2.45, 2.75) is 18.9 Å². The van der Waals surface area contributed by atoms with E-state index in [2.05, 4.69) is 22.2 Å². The summed E-state index contributed by atoms with van der Waals surface area (Å²) in [6.45, 7) is 2.00. The van der Waals surface area contributed by atoms with Crippen molar-refractivity contribution in [2.75, 3.05) is 25.5 Å². The molecule has 2 aromatic rings. The van der Waals surface area contributed by atoms with Gasteiger partial charge in [0.1, 0.15) is 0 Å². The first-order chi connectivity index (χ1) is 8.74. The van der Waals surface area contributed by atoms with Crippen LogP contribution in [-0.2, 0) is 0 Å². The number of anilines is 1. The van der Waals surface area contributed by atoms with Crippen LogP contribution in [0.4, 0.5) is 5.13 Å². The lowest BCUT2D eigenvalue weighted by molar-refractivity contribution is 0.337. The van der Waals surface area contributed by atoms with Crippen molar-refractivity contribution < 1.29 is 0 Å². The van der Waals surface area contributed by atoms with Crippen LogP contribution in [0, 0.1) is 0 Å². The molecule has 1 N–H and O–H groups in total. The van der Waals surface area contributed by atoms with E-state index in [0.29, 0.717) is 0 Å². The third-order valence-electron chi connectivity index (χ3n) is 3.28. The van der Waals surface area contributed by atoms with Gasteiger partial charge in [0.2, 0.25) is 0 Å². The molecule has 96 valence electrons. The molecule has 0 aliphatic heterocycles. The van der Waals surface area contributed by atoms with Gasteiger partial charge in [0, 0.05) is 19.1 Å². The summed E-state index contributed by atoms with van der Waals surface area (Å²) in [4.78, 5) is 6.95. The molecule has 1 heterocycles. The van der Waals surface area contributed by atoms with E-state index < -0.39 is 0 Å². The minimum Gasteiger partial charge on any atom is -0.360 e. The smallest absolute Gasteiger partial charge is 0.183 e. The molecule has 0 atom stereocenters. The summed E-state index contributed by atoms with van der Waals surface area (Å²) < 4.78 is 1.07. The zero-order valence-electron chi connectivity index (χ0n) is 10.3. The van der Waals surface area contributed by atoms with E-state index in [1.807, 2.05) is 18.2 Å². The third-order valence-corrected chi connectivity index (χ3v) is 4.77. The maximum atomic E-state index is 6.14. The van der Waals surface area contributed by atoms with E-state index in [4.69, 9.17) is 11.6 Å². The third kappa shape index (κ3) is 2.60. The molecule has 0 amide bonds. The Balaban J connectivity index is 1.62. The van der Waals surface area contributed by atoms with E-state index >= 15 is 0 Å². The normalized spacial score (nSPS) is 15.5. The summed E-state index contributed by atoms with van der Waals surface area (Å²) in [5, 5.41) is 5.13. The Kier molecular flexibility index (Phi) is 3.41. The highest BCUT2D eigenvalue weighted by molar-refractivity contribution is 7.22. The van der Waals surface area contributed by atoms with Crippen molar-refractivity contribution in [1.82, 2.24) is 9.88 Å². The largest absolute Gasteiger partial charge is 0.360 e. The van der Waals surface area contributed by atoms with E-state index in [0.717, 1.165) is 39.5 Å². The fourth-order valence-corrected chi connectivity index (χ4v) is 3.21. The van der Waals surface area contributed by atoms with Crippen LogP contribution < -0.4 is 5.32 Å². The van der Waals surface area contributed by atoms with Gasteiger partial charge >= 0.3 is 0 Å².